The number of carbonyl (C=O) groups is 2. The van der Waals surface area contributed by atoms with E-state index < -0.39 is 63.3 Å². The SMILES string of the molecule is COC(=O)N[C@H](C(=O)Nc1cccc(F)c1CC[C@H]1CNCCN1S(=O)(=O)c1ccccc1)C(c1cc(C)cc(F)c1)c1cc(F)cc(F)c1. The first-order chi connectivity index (χ1) is 23.9. The minimum absolute atomic E-state index is 0.00612. The summed E-state index contributed by atoms with van der Waals surface area (Å²) in [6.45, 7) is 2.53. The molecule has 2 amide bonds. The van der Waals surface area contributed by atoms with Crippen molar-refractivity contribution in [3.63, 3.8) is 0 Å². The van der Waals surface area contributed by atoms with Crippen LogP contribution in [0.1, 0.15) is 34.6 Å². The summed E-state index contributed by atoms with van der Waals surface area (Å²) in [6.07, 6.45) is -0.878. The lowest BCUT2D eigenvalue weighted by Gasteiger charge is -2.35. The molecule has 3 N–H and O–H groups in total. The van der Waals surface area contributed by atoms with Crippen molar-refractivity contribution < 1.29 is 40.3 Å². The first kappa shape index (κ1) is 36.5. The fourth-order valence-corrected chi connectivity index (χ4v) is 7.92. The highest BCUT2D eigenvalue weighted by Crippen LogP contribution is 2.33. The fraction of sp³-hybridized carbons (Fsp3) is 0.278. The Bertz CT molecular complexity index is 1870. The van der Waals surface area contributed by atoms with Gasteiger partial charge < -0.3 is 20.7 Å². The third-order valence-corrected chi connectivity index (χ3v) is 10.5. The molecule has 0 aromatic heterocycles. The summed E-state index contributed by atoms with van der Waals surface area (Å²) in [5.41, 5.74) is 0.552. The van der Waals surface area contributed by atoms with Gasteiger partial charge in [0.15, 0.2) is 0 Å². The van der Waals surface area contributed by atoms with E-state index >= 15 is 4.39 Å². The maximum absolute atomic E-state index is 15.5. The molecule has 4 aromatic carbocycles. The summed E-state index contributed by atoms with van der Waals surface area (Å²) in [6, 6.07) is 16.2. The number of anilines is 1. The molecular weight excluding hydrogens is 676 g/mol. The Morgan fingerprint density at radius 3 is 2.24 bits per heavy atom. The number of nitrogens with zero attached hydrogens (tertiary/aromatic N) is 1. The topological polar surface area (TPSA) is 117 Å². The molecule has 9 nitrogen and oxygen atoms in total. The third-order valence-electron chi connectivity index (χ3n) is 8.49. The molecule has 1 fully saturated rings. The van der Waals surface area contributed by atoms with E-state index in [1.807, 2.05) is 0 Å². The largest absolute Gasteiger partial charge is 0.453 e. The molecular formula is C36H36F4N4O5S. The highest BCUT2D eigenvalue weighted by molar-refractivity contribution is 7.89. The molecule has 1 unspecified atom stereocenters. The average molecular weight is 713 g/mol. The molecule has 1 aliphatic rings. The number of nitrogens with one attached hydrogen (secondary N) is 3. The number of hydrogen-bond donors (Lipinski definition) is 3. The number of amides is 2. The zero-order valence-electron chi connectivity index (χ0n) is 27.3. The Kier molecular flexibility index (Phi) is 11.6. The van der Waals surface area contributed by atoms with Gasteiger partial charge in [0.2, 0.25) is 15.9 Å². The van der Waals surface area contributed by atoms with Crippen molar-refractivity contribution in [2.45, 2.75) is 42.7 Å². The third kappa shape index (κ3) is 8.49. The molecule has 50 heavy (non-hydrogen) atoms. The minimum Gasteiger partial charge on any atom is -0.453 e. The van der Waals surface area contributed by atoms with Crippen LogP contribution in [0, 0.1) is 30.2 Å². The van der Waals surface area contributed by atoms with Gasteiger partial charge in [-0.15, -0.1) is 0 Å². The maximum Gasteiger partial charge on any atom is 0.407 e. The Hall–Kier alpha value is -4.79. The number of hydrogen-bond acceptors (Lipinski definition) is 6. The quantitative estimate of drug-likeness (QED) is 0.174. The van der Waals surface area contributed by atoms with Crippen molar-refractivity contribution in [2.75, 3.05) is 32.1 Å². The van der Waals surface area contributed by atoms with Gasteiger partial charge in [-0.1, -0.05) is 30.3 Å². The average Bonchev–Trinajstić information content (AvgIpc) is 3.07. The zero-order valence-corrected chi connectivity index (χ0v) is 28.1. The number of aryl methyl sites for hydroxylation is 1. The minimum atomic E-state index is -3.86. The van der Waals surface area contributed by atoms with Crippen LogP contribution in [0.5, 0.6) is 0 Å². The molecule has 3 atom stereocenters. The molecule has 14 heteroatoms. The Labute approximate surface area is 287 Å². The van der Waals surface area contributed by atoms with E-state index in [4.69, 9.17) is 4.74 Å². The van der Waals surface area contributed by atoms with Crippen LogP contribution in [0.15, 0.2) is 89.8 Å². The lowest BCUT2D eigenvalue weighted by atomic mass is 9.83. The van der Waals surface area contributed by atoms with Crippen molar-refractivity contribution in [2.24, 2.45) is 0 Å². The van der Waals surface area contributed by atoms with Gasteiger partial charge in [0.1, 0.15) is 29.3 Å². The molecule has 264 valence electrons. The number of halogens is 4. The molecule has 0 saturated carbocycles. The Morgan fingerprint density at radius 1 is 0.920 bits per heavy atom. The fourth-order valence-electron chi connectivity index (χ4n) is 6.25. The van der Waals surface area contributed by atoms with E-state index in [1.165, 1.54) is 46.8 Å². The Morgan fingerprint density at radius 2 is 1.58 bits per heavy atom. The number of carbonyl (C=O) groups excluding carboxylic acids is 2. The summed E-state index contributed by atoms with van der Waals surface area (Å²) in [5, 5.41) is 8.22. The molecule has 0 radical (unpaired) electrons. The lowest BCUT2D eigenvalue weighted by Crippen LogP contribution is -2.53. The first-order valence-corrected chi connectivity index (χ1v) is 17.2. The summed E-state index contributed by atoms with van der Waals surface area (Å²) < 4.78 is 92.4. The lowest BCUT2D eigenvalue weighted by molar-refractivity contribution is -0.118. The van der Waals surface area contributed by atoms with Crippen LogP contribution in [-0.2, 0) is 26.0 Å². The number of piperazine rings is 1. The second-order valence-electron chi connectivity index (χ2n) is 11.9. The number of ether oxygens (including phenoxy) is 1. The monoisotopic (exact) mass is 712 g/mol. The molecule has 1 heterocycles. The van der Waals surface area contributed by atoms with Crippen LogP contribution >= 0.6 is 0 Å². The van der Waals surface area contributed by atoms with Crippen molar-refractivity contribution in [1.29, 1.82) is 0 Å². The second-order valence-corrected chi connectivity index (χ2v) is 13.8. The van der Waals surface area contributed by atoms with Gasteiger partial charge in [0.05, 0.1) is 12.0 Å². The number of benzene rings is 4. The van der Waals surface area contributed by atoms with E-state index in [9.17, 15) is 31.2 Å². The van der Waals surface area contributed by atoms with Gasteiger partial charge >= 0.3 is 6.09 Å². The van der Waals surface area contributed by atoms with Gasteiger partial charge in [-0.05, 0) is 85.0 Å². The summed E-state index contributed by atoms with van der Waals surface area (Å²) in [7, 11) is -2.80. The van der Waals surface area contributed by atoms with Crippen LogP contribution < -0.4 is 16.0 Å². The van der Waals surface area contributed by atoms with Crippen LogP contribution in [0.25, 0.3) is 0 Å². The predicted octanol–water partition coefficient (Wildman–Crippen LogP) is 5.64. The van der Waals surface area contributed by atoms with Gasteiger partial charge in [-0.3, -0.25) is 4.79 Å². The molecule has 1 aliphatic heterocycles. The summed E-state index contributed by atoms with van der Waals surface area (Å²) >= 11 is 0. The normalized spacial score (nSPS) is 16.3. The van der Waals surface area contributed by atoms with E-state index in [0.717, 1.165) is 25.3 Å². The summed E-state index contributed by atoms with van der Waals surface area (Å²) in [4.78, 5) is 26.8. The molecule has 0 bridgehead atoms. The van der Waals surface area contributed by atoms with Crippen LogP contribution in [0.4, 0.5) is 28.0 Å². The van der Waals surface area contributed by atoms with Crippen molar-refractivity contribution in [1.82, 2.24) is 14.9 Å². The van der Waals surface area contributed by atoms with Crippen molar-refractivity contribution in [3.8, 4) is 0 Å². The van der Waals surface area contributed by atoms with E-state index in [2.05, 4.69) is 16.0 Å². The molecule has 4 aromatic rings. The van der Waals surface area contributed by atoms with E-state index in [-0.39, 0.29) is 46.7 Å². The summed E-state index contributed by atoms with van der Waals surface area (Å²) in [5.74, 6) is -5.56. The highest BCUT2D eigenvalue weighted by Gasteiger charge is 2.36. The van der Waals surface area contributed by atoms with Crippen LogP contribution in [-0.4, -0.2) is 63.6 Å². The Balaban J connectivity index is 1.48. The van der Waals surface area contributed by atoms with Crippen LogP contribution in [0.3, 0.4) is 0 Å². The predicted molar refractivity (Wildman–Crippen MR) is 179 cm³/mol. The zero-order chi connectivity index (χ0) is 36.0. The molecule has 0 aliphatic carbocycles. The van der Waals surface area contributed by atoms with Gasteiger partial charge in [-0.2, -0.15) is 4.31 Å². The van der Waals surface area contributed by atoms with Crippen LogP contribution in [0.2, 0.25) is 0 Å². The second kappa shape index (κ2) is 15.8. The van der Waals surface area contributed by atoms with E-state index in [0.29, 0.717) is 24.7 Å². The smallest absolute Gasteiger partial charge is 0.407 e. The molecule has 1 saturated heterocycles. The number of rotatable bonds is 11. The highest BCUT2D eigenvalue weighted by atomic mass is 32.2. The molecule has 0 spiro atoms. The van der Waals surface area contributed by atoms with E-state index in [1.54, 1.807) is 25.1 Å². The van der Waals surface area contributed by atoms with Gasteiger partial charge in [0, 0.05) is 48.9 Å². The van der Waals surface area contributed by atoms with Crippen molar-refractivity contribution >= 4 is 27.7 Å². The standard InChI is InChI=1S/C36H36F4N4O5S/c1-22-15-23(17-25(37)16-22)33(24-18-26(38)20-27(39)19-24)34(43-36(46)49-2)35(45)42-32-10-6-9-31(40)30(32)12-11-28-21-41-13-14-44(28)50(47,48)29-7-4-3-5-8-29/h3-10,15-20,28,33-34,41H,11-14,21H2,1-2H3,(H,42,45)(H,43,46)/t28-,33?,34-/m0/s1. The number of sulfonamides is 1. The van der Waals surface area contributed by atoms with Crippen molar-refractivity contribution in [3.05, 3.63) is 130 Å². The molecule has 5 rings (SSSR count). The number of alkyl carbamates (subject to hydrolysis) is 1. The number of methoxy groups -OCH3 is 1. The maximum atomic E-state index is 15.5. The first-order valence-electron chi connectivity index (χ1n) is 15.8. The van der Waals surface area contributed by atoms with Gasteiger partial charge in [-0.25, -0.2) is 30.8 Å². The van der Waals surface area contributed by atoms with Gasteiger partial charge in [0.25, 0.3) is 0 Å².